The number of fused-ring (bicyclic) bond motifs is 3. The lowest BCUT2D eigenvalue weighted by molar-refractivity contribution is -0.158. The zero-order chi connectivity index (χ0) is 15.0. The molecule has 2 aromatic carbocycles. The van der Waals surface area contributed by atoms with Gasteiger partial charge in [-0.3, -0.25) is 4.79 Å². The molecule has 0 saturated carbocycles. The van der Waals surface area contributed by atoms with Gasteiger partial charge in [-0.05, 0) is 31.4 Å². The Balaban J connectivity index is 2.02. The Morgan fingerprint density at radius 2 is 1.48 bits per heavy atom. The van der Waals surface area contributed by atoms with Crippen molar-refractivity contribution in [3.8, 4) is 11.1 Å². The molecule has 2 heteroatoms. The van der Waals surface area contributed by atoms with Crippen LogP contribution in [0.25, 0.3) is 11.1 Å². The molecule has 0 aliphatic heterocycles. The monoisotopic (exact) mass is 280 g/mol. The molecule has 0 radical (unpaired) electrons. The minimum Gasteiger partial charge on any atom is -0.452 e. The average molecular weight is 280 g/mol. The standard InChI is InChI=1S/C19H20O2/c1-4-19(2,3)18(20)21-17-15-11-7-5-9-13(15)14-10-6-8-12-16(14)17/h5-12,17H,4H2,1-3H3. The van der Waals surface area contributed by atoms with Crippen LogP contribution in [0.3, 0.4) is 0 Å². The first kappa shape index (κ1) is 13.9. The summed E-state index contributed by atoms with van der Waals surface area (Å²) in [5.74, 6) is -0.137. The van der Waals surface area contributed by atoms with E-state index in [2.05, 4.69) is 12.1 Å². The molecule has 0 N–H and O–H groups in total. The summed E-state index contributed by atoms with van der Waals surface area (Å²) in [6, 6.07) is 16.3. The van der Waals surface area contributed by atoms with E-state index < -0.39 is 5.41 Å². The van der Waals surface area contributed by atoms with Gasteiger partial charge in [0.25, 0.3) is 0 Å². The molecule has 0 atom stereocenters. The van der Waals surface area contributed by atoms with E-state index in [9.17, 15) is 4.79 Å². The predicted molar refractivity (Wildman–Crippen MR) is 83.9 cm³/mol. The smallest absolute Gasteiger partial charge is 0.312 e. The largest absolute Gasteiger partial charge is 0.452 e. The maximum atomic E-state index is 12.4. The summed E-state index contributed by atoms with van der Waals surface area (Å²) in [6.07, 6.45) is 0.484. The zero-order valence-corrected chi connectivity index (χ0v) is 12.7. The van der Waals surface area contributed by atoms with Crippen LogP contribution in [0, 0.1) is 5.41 Å². The van der Waals surface area contributed by atoms with Crippen LogP contribution in [0.1, 0.15) is 44.4 Å². The van der Waals surface area contributed by atoms with Gasteiger partial charge in [0.15, 0.2) is 6.10 Å². The van der Waals surface area contributed by atoms with Crippen LogP contribution in [-0.2, 0) is 9.53 Å². The molecule has 0 fully saturated rings. The molecule has 108 valence electrons. The highest BCUT2D eigenvalue weighted by atomic mass is 16.5. The average Bonchev–Trinajstić information content (AvgIpc) is 2.82. The van der Waals surface area contributed by atoms with Crippen LogP contribution in [0.15, 0.2) is 48.5 Å². The van der Waals surface area contributed by atoms with Gasteiger partial charge in [0.2, 0.25) is 0 Å². The van der Waals surface area contributed by atoms with Crippen LogP contribution in [0.5, 0.6) is 0 Å². The first-order valence-corrected chi connectivity index (χ1v) is 7.44. The van der Waals surface area contributed by atoms with Crippen molar-refractivity contribution >= 4 is 5.97 Å². The van der Waals surface area contributed by atoms with Crippen LogP contribution in [-0.4, -0.2) is 5.97 Å². The van der Waals surface area contributed by atoms with Crippen molar-refractivity contribution in [1.82, 2.24) is 0 Å². The minimum atomic E-state index is -0.452. The molecule has 2 nitrogen and oxygen atoms in total. The highest BCUT2D eigenvalue weighted by Gasteiger charge is 2.35. The van der Waals surface area contributed by atoms with Crippen molar-refractivity contribution in [3.05, 3.63) is 59.7 Å². The predicted octanol–water partition coefficient (Wildman–Crippen LogP) is 4.74. The Labute approximate surface area is 125 Å². The summed E-state index contributed by atoms with van der Waals surface area (Å²) in [6.45, 7) is 5.88. The molecule has 0 bridgehead atoms. The molecule has 0 heterocycles. The first-order valence-electron chi connectivity index (χ1n) is 7.44. The summed E-state index contributed by atoms with van der Waals surface area (Å²) < 4.78 is 5.88. The fourth-order valence-corrected chi connectivity index (χ4v) is 2.65. The van der Waals surface area contributed by atoms with Gasteiger partial charge in [0.1, 0.15) is 0 Å². The topological polar surface area (TPSA) is 26.3 Å². The zero-order valence-electron chi connectivity index (χ0n) is 12.7. The van der Waals surface area contributed by atoms with Crippen LogP contribution < -0.4 is 0 Å². The number of esters is 1. The third kappa shape index (κ3) is 2.25. The summed E-state index contributed by atoms with van der Waals surface area (Å²) in [5.41, 5.74) is 4.05. The Morgan fingerprint density at radius 1 is 1.00 bits per heavy atom. The van der Waals surface area contributed by atoms with E-state index in [0.717, 1.165) is 17.5 Å². The number of hydrogen-bond acceptors (Lipinski definition) is 2. The highest BCUT2D eigenvalue weighted by Crippen LogP contribution is 2.45. The van der Waals surface area contributed by atoms with E-state index in [0.29, 0.717) is 0 Å². The Bertz CT molecular complexity index is 640. The van der Waals surface area contributed by atoms with Crippen molar-refractivity contribution in [2.75, 3.05) is 0 Å². The van der Waals surface area contributed by atoms with Gasteiger partial charge in [-0.15, -0.1) is 0 Å². The van der Waals surface area contributed by atoms with Crippen molar-refractivity contribution in [2.24, 2.45) is 5.41 Å². The van der Waals surface area contributed by atoms with E-state index in [1.807, 2.05) is 57.2 Å². The number of carbonyl (C=O) groups is 1. The molecule has 0 amide bonds. The number of ether oxygens (including phenoxy) is 1. The summed E-state index contributed by atoms with van der Waals surface area (Å²) in [5, 5.41) is 0. The maximum Gasteiger partial charge on any atom is 0.312 e. The van der Waals surface area contributed by atoms with Gasteiger partial charge in [-0.2, -0.15) is 0 Å². The van der Waals surface area contributed by atoms with Gasteiger partial charge in [-0.1, -0.05) is 55.5 Å². The summed E-state index contributed by atoms with van der Waals surface area (Å²) in [7, 11) is 0. The van der Waals surface area contributed by atoms with Crippen LogP contribution in [0.2, 0.25) is 0 Å². The van der Waals surface area contributed by atoms with Gasteiger partial charge in [0, 0.05) is 11.1 Å². The molecular formula is C19H20O2. The summed E-state index contributed by atoms with van der Waals surface area (Å²) >= 11 is 0. The van der Waals surface area contributed by atoms with Gasteiger partial charge in [-0.25, -0.2) is 0 Å². The second-order valence-corrected chi connectivity index (χ2v) is 6.20. The fraction of sp³-hybridized carbons (Fsp3) is 0.316. The number of carbonyl (C=O) groups excluding carboxylic acids is 1. The highest BCUT2D eigenvalue weighted by molar-refractivity contribution is 5.81. The number of benzene rings is 2. The molecule has 1 aliphatic rings. The van der Waals surface area contributed by atoms with Gasteiger partial charge < -0.3 is 4.74 Å². The van der Waals surface area contributed by atoms with E-state index in [1.54, 1.807) is 0 Å². The Hall–Kier alpha value is -2.09. The molecular weight excluding hydrogens is 260 g/mol. The van der Waals surface area contributed by atoms with Gasteiger partial charge in [0.05, 0.1) is 5.41 Å². The van der Waals surface area contributed by atoms with Crippen molar-refractivity contribution in [2.45, 2.75) is 33.3 Å². The Kier molecular flexibility index (Phi) is 3.32. The molecule has 0 spiro atoms. The molecule has 1 aliphatic carbocycles. The third-order valence-corrected chi connectivity index (χ3v) is 4.44. The quantitative estimate of drug-likeness (QED) is 0.759. The first-order chi connectivity index (χ1) is 10.0. The second-order valence-electron chi connectivity index (χ2n) is 6.20. The lowest BCUT2D eigenvalue weighted by Crippen LogP contribution is -2.27. The van der Waals surface area contributed by atoms with E-state index in [4.69, 9.17) is 4.74 Å². The van der Waals surface area contributed by atoms with Crippen LogP contribution >= 0.6 is 0 Å². The fourth-order valence-electron chi connectivity index (χ4n) is 2.65. The maximum absolute atomic E-state index is 12.4. The molecule has 0 aromatic heterocycles. The molecule has 21 heavy (non-hydrogen) atoms. The lowest BCUT2D eigenvalue weighted by Gasteiger charge is -2.24. The van der Waals surface area contributed by atoms with Crippen LogP contribution in [0.4, 0.5) is 0 Å². The lowest BCUT2D eigenvalue weighted by atomic mass is 9.90. The molecule has 0 saturated heterocycles. The molecule has 0 unspecified atom stereocenters. The normalized spacial score (nSPS) is 13.7. The van der Waals surface area contributed by atoms with E-state index in [1.165, 1.54) is 11.1 Å². The van der Waals surface area contributed by atoms with Gasteiger partial charge >= 0.3 is 5.97 Å². The molecule has 2 aromatic rings. The third-order valence-electron chi connectivity index (χ3n) is 4.44. The van der Waals surface area contributed by atoms with Crippen molar-refractivity contribution in [1.29, 1.82) is 0 Å². The number of hydrogen-bond donors (Lipinski definition) is 0. The van der Waals surface area contributed by atoms with Crippen molar-refractivity contribution in [3.63, 3.8) is 0 Å². The molecule has 3 rings (SSSR count). The van der Waals surface area contributed by atoms with E-state index in [-0.39, 0.29) is 12.1 Å². The SMILES string of the molecule is CCC(C)(C)C(=O)OC1c2ccccc2-c2ccccc21. The summed E-state index contributed by atoms with van der Waals surface area (Å²) in [4.78, 5) is 12.4. The van der Waals surface area contributed by atoms with Crippen molar-refractivity contribution < 1.29 is 9.53 Å². The van der Waals surface area contributed by atoms with E-state index >= 15 is 0 Å². The Morgan fingerprint density at radius 3 is 1.95 bits per heavy atom. The number of rotatable bonds is 3. The second kappa shape index (κ2) is 5.03. The minimum absolute atomic E-state index is 0.137.